The number of aromatic nitrogens is 1. The molecule has 1 aliphatic heterocycles. The van der Waals surface area contributed by atoms with Crippen molar-refractivity contribution in [2.75, 3.05) is 13.1 Å². The number of rotatable bonds is 6. The highest BCUT2D eigenvalue weighted by atomic mass is 35.5. The van der Waals surface area contributed by atoms with Crippen LogP contribution in [0.1, 0.15) is 17.5 Å². The Morgan fingerprint density at radius 2 is 2.00 bits per heavy atom. The lowest BCUT2D eigenvalue weighted by Gasteiger charge is -2.16. The van der Waals surface area contributed by atoms with E-state index in [0.29, 0.717) is 36.1 Å². The van der Waals surface area contributed by atoms with Crippen LogP contribution in [0.3, 0.4) is 0 Å². The van der Waals surface area contributed by atoms with Gasteiger partial charge in [0.2, 0.25) is 11.8 Å². The molecule has 5 nitrogen and oxygen atoms in total. The van der Waals surface area contributed by atoms with Gasteiger partial charge in [-0.25, -0.2) is 0 Å². The van der Waals surface area contributed by atoms with Gasteiger partial charge in [-0.05, 0) is 41.8 Å². The van der Waals surface area contributed by atoms with Crippen LogP contribution in [0.5, 0.6) is 0 Å². The van der Waals surface area contributed by atoms with Gasteiger partial charge < -0.3 is 10.2 Å². The molecule has 0 radical (unpaired) electrons. The summed E-state index contributed by atoms with van der Waals surface area (Å²) in [6.07, 6.45) is 4.26. The maximum absolute atomic E-state index is 12.4. The molecule has 1 saturated heterocycles. The maximum atomic E-state index is 12.4. The smallest absolute Gasteiger partial charge is 0.225 e. The van der Waals surface area contributed by atoms with Gasteiger partial charge in [0.05, 0.1) is 5.92 Å². The van der Waals surface area contributed by atoms with Crippen molar-refractivity contribution >= 4 is 35.0 Å². The third-order valence-corrected chi connectivity index (χ3v) is 5.00. The predicted molar refractivity (Wildman–Crippen MR) is 101 cm³/mol. The van der Waals surface area contributed by atoms with Gasteiger partial charge in [-0.15, -0.1) is 0 Å². The number of carbonyl (C=O) groups is 2. The van der Waals surface area contributed by atoms with Gasteiger partial charge in [-0.3, -0.25) is 14.6 Å². The van der Waals surface area contributed by atoms with Crippen LogP contribution in [0.25, 0.3) is 0 Å². The van der Waals surface area contributed by atoms with Gasteiger partial charge in [-0.2, -0.15) is 0 Å². The van der Waals surface area contributed by atoms with Crippen LogP contribution in [0.4, 0.5) is 0 Å². The molecular formula is C19H19Cl2N3O2. The number of carbonyl (C=O) groups excluding carboxylic acids is 2. The molecule has 1 N–H and O–H groups in total. The molecule has 0 bridgehead atoms. The summed E-state index contributed by atoms with van der Waals surface area (Å²) in [5, 5.41) is 4.07. The van der Waals surface area contributed by atoms with Crippen molar-refractivity contribution in [3.05, 3.63) is 63.9 Å². The largest absolute Gasteiger partial charge is 0.355 e. The molecule has 1 aliphatic rings. The molecule has 1 aromatic carbocycles. The first-order valence-electron chi connectivity index (χ1n) is 8.41. The molecule has 1 fully saturated rings. The molecule has 1 atom stereocenters. The van der Waals surface area contributed by atoms with Gasteiger partial charge in [-0.1, -0.05) is 29.3 Å². The highest BCUT2D eigenvalue weighted by Crippen LogP contribution is 2.22. The Labute approximate surface area is 162 Å². The summed E-state index contributed by atoms with van der Waals surface area (Å²) in [6.45, 7) is 1.41. The first kappa shape index (κ1) is 18.7. The first-order valence-corrected chi connectivity index (χ1v) is 9.17. The first-order chi connectivity index (χ1) is 12.5. The molecule has 3 rings (SSSR count). The van der Waals surface area contributed by atoms with Crippen molar-refractivity contribution in [2.45, 2.75) is 19.4 Å². The number of likely N-dealkylation sites (tertiary alicyclic amines) is 1. The van der Waals surface area contributed by atoms with Crippen molar-refractivity contribution < 1.29 is 9.59 Å². The van der Waals surface area contributed by atoms with E-state index in [1.54, 1.807) is 29.4 Å². The Morgan fingerprint density at radius 1 is 1.23 bits per heavy atom. The van der Waals surface area contributed by atoms with Crippen LogP contribution < -0.4 is 5.32 Å². The van der Waals surface area contributed by atoms with E-state index in [-0.39, 0.29) is 24.2 Å². The molecule has 0 aliphatic carbocycles. The summed E-state index contributed by atoms with van der Waals surface area (Å²) in [7, 11) is 0. The average Bonchev–Trinajstić information content (AvgIpc) is 2.98. The fraction of sp³-hybridized carbons (Fsp3) is 0.316. The number of pyridine rings is 1. The Balaban J connectivity index is 1.48. The van der Waals surface area contributed by atoms with Crippen molar-refractivity contribution in [1.29, 1.82) is 0 Å². The molecule has 136 valence electrons. The summed E-state index contributed by atoms with van der Waals surface area (Å²) >= 11 is 12.0. The van der Waals surface area contributed by atoms with Gasteiger partial charge in [0, 0.05) is 48.5 Å². The topological polar surface area (TPSA) is 62.3 Å². The van der Waals surface area contributed by atoms with E-state index in [1.165, 1.54) is 0 Å². The Bertz CT molecular complexity index is 799. The Hall–Kier alpha value is -2.11. The quantitative estimate of drug-likeness (QED) is 0.822. The van der Waals surface area contributed by atoms with Crippen LogP contribution in [-0.2, 0) is 22.6 Å². The Kier molecular flexibility index (Phi) is 6.12. The molecule has 2 amide bonds. The van der Waals surface area contributed by atoms with Crippen LogP contribution in [0, 0.1) is 5.92 Å². The number of hydrogen-bond acceptors (Lipinski definition) is 3. The van der Waals surface area contributed by atoms with Gasteiger partial charge in [0.1, 0.15) is 0 Å². The monoisotopic (exact) mass is 391 g/mol. The second-order valence-electron chi connectivity index (χ2n) is 6.31. The van der Waals surface area contributed by atoms with E-state index in [9.17, 15) is 9.59 Å². The summed E-state index contributed by atoms with van der Waals surface area (Å²) in [4.78, 5) is 30.2. The number of nitrogens with zero attached hydrogens (tertiary/aromatic N) is 2. The van der Waals surface area contributed by atoms with E-state index in [0.717, 1.165) is 11.1 Å². The minimum absolute atomic E-state index is 0.00251. The second kappa shape index (κ2) is 8.52. The summed E-state index contributed by atoms with van der Waals surface area (Å²) < 4.78 is 0. The lowest BCUT2D eigenvalue weighted by atomic mass is 10.1. The van der Waals surface area contributed by atoms with Gasteiger partial charge >= 0.3 is 0 Å². The third-order valence-electron chi connectivity index (χ3n) is 4.42. The number of halogens is 2. The number of benzene rings is 1. The van der Waals surface area contributed by atoms with Crippen molar-refractivity contribution in [2.24, 2.45) is 5.92 Å². The summed E-state index contributed by atoms with van der Waals surface area (Å²) in [6, 6.07) is 9.06. The van der Waals surface area contributed by atoms with Crippen LogP contribution in [0.2, 0.25) is 10.0 Å². The maximum Gasteiger partial charge on any atom is 0.225 e. The molecule has 7 heteroatoms. The SMILES string of the molecule is O=C(NCCc1ccc(Cl)cc1Cl)C1CC(=O)N(Cc2ccncc2)C1. The van der Waals surface area contributed by atoms with E-state index in [4.69, 9.17) is 23.2 Å². The third kappa shape index (κ3) is 4.74. The predicted octanol–water partition coefficient (Wildman–Crippen LogP) is 3.10. The van der Waals surface area contributed by atoms with Crippen molar-refractivity contribution in [3.63, 3.8) is 0 Å². The van der Waals surface area contributed by atoms with Crippen LogP contribution >= 0.6 is 23.2 Å². The minimum atomic E-state index is -0.315. The van der Waals surface area contributed by atoms with Crippen molar-refractivity contribution in [1.82, 2.24) is 15.2 Å². The van der Waals surface area contributed by atoms with E-state index < -0.39 is 0 Å². The minimum Gasteiger partial charge on any atom is -0.355 e. The van der Waals surface area contributed by atoms with Crippen LogP contribution in [0.15, 0.2) is 42.7 Å². The molecule has 2 heterocycles. The molecule has 1 aromatic heterocycles. The zero-order valence-corrected chi connectivity index (χ0v) is 15.6. The van der Waals surface area contributed by atoms with Gasteiger partial charge in [0.15, 0.2) is 0 Å². The number of nitrogens with one attached hydrogen (secondary N) is 1. The average molecular weight is 392 g/mol. The molecule has 0 spiro atoms. The standard InChI is InChI=1S/C19H19Cl2N3O2/c20-16-2-1-14(17(21)10-16)5-8-23-19(26)15-9-18(25)24(12-15)11-13-3-6-22-7-4-13/h1-4,6-7,10,15H,5,8-9,11-12H2,(H,23,26). The normalized spacial score (nSPS) is 16.8. The Morgan fingerprint density at radius 3 is 2.73 bits per heavy atom. The molecule has 0 saturated carbocycles. The second-order valence-corrected chi connectivity index (χ2v) is 7.15. The fourth-order valence-corrected chi connectivity index (χ4v) is 3.50. The van der Waals surface area contributed by atoms with Crippen molar-refractivity contribution in [3.8, 4) is 0 Å². The van der Waals surface area contributed by atoms with E-state index in [2.05, 4.69) is 10.3 Å². The molecule has 26 heavy (non-hydrogen) atoms. The summed E-state index contributed by atoms with van der Waals surface area (Å²) in [5.74, 6) is -0.409. The summed E-state index contributed by atoms with van der Waals surface area (Å²) in [5.41, 5.74) is 1.94. The zero-order valence-electron chi connectivity index (χ0n) is 14.1. The molecule has 2 aromatic rings. The molecular weight excluding hydrogens is 373 g/mol. The van der Waals surface area contributed by atoms with Gasteiger partial charge in [0.25, 0.3) is 0 Å². The highest BCUT2D eigenvalue weighted by molar-refractivity contribution is 6.35. The molecule has 1 unspecified atom stereocenters. The zero-order chi connectivity index (χ0) is 18.5. The lowest BCUT2D eigenvalue weighted by molar-refractivity contribution is -0.129. The number of hydrogen-bond donors (Lipinski definition) is 1. The van der Waals surface area contributed by atoms with Crippen LogP contribution in [-0.4, -0.2) is 34.8 Å². The number of amides is 2. The van der Waals surface area contributed by atoms with E-state index in [1.807, 2.05) is 18.2 Å². The highest BCUT2D eigenvalue weighted by Gasteiger charge is 2.33. The lowest BCUT2D eigenvalue weighted by Crippen LogP contribution is -2.34. The fourth-order valence-electron chi connectivity index (χ4n) is 3.00. The van der Waals surface area contributed by atoms with E-state index >= 15 is 0 Å².